The number of aromatic nitrogens is 2. The van der Waals surface area contributed by atoms with E-state index < -0.39 is 5.92 Å². The fraction of sp³-hybridized carbons (Fsp3) is 0.261. The molecule has 0 aliphatic carbocycles. The second-order valence-corrected chi connectivity index (χ2v) is 8.10. The summed E-state index contributed by atoms with van der Waals surface area (Å²) >= 11 is 6.25. The average molecular weight is 453 g/mol. The van der Waals surface area contributed by atoms with Crippen molar-refractivity contribution in [2.75, 3.05) is 30.0 Å². The first kappa shape index (κ1) is 20.4. The van der Waals surface area contributed by atoms with Crippen molar-refractivity contribution in [3.63, 3.8) is 0 Å². The molecule has 32 heavy (non-hydrogen) atoms. The number of benzene rings is 2. The summed E-state index contributed by atoms with van der Waals surface area (Å²) in [5.74, 6) is 1.02. The van der Waals surface area contributed by atoms with Gasteiger partial charge in [0.2, 0.25) is 11.8 Å². The van der Waals surface area contributed by atoms with Crippen LogP contribution in [0, 0.1) is 5.92 Å². The van der Waals surface area contributed by atoms with E-state index in [2.05, 4.69) is 10.4 Å². The fourth-order valence-electron chi connectivity index (χ4n) is 3.91. The van der Waals surface area contributed by atoms with E-state index >= 15 is 0 Å². The molecule has 3 aromatic rings. The normalized spacial score (nSPS) is 17.5. The molecule has 0 spiro atoms. The number of hydrogen-bond acceptors (Lipinski definition) is 5. The minimum Gasteiger partial charge on any atom is -0.486 e. The van der Waals surface area contributed by atoms with Crippen LogP contribution in [0.2, 0.25) is 5.02 Å². The number of halogens is 1. The molecule has 1 aromatic heterocycles. The third-order valence-electron chi connectivity index (χ3n) is 5.58. The third kappa shape index (κ3) is 4.01. The highest BCUT2D eigenvalue weighted by Gasteiger charge is 2.36. The van der Waals surface area contributed by atoms with Gasteiger partial charge in [0.1, 0.15) is 19.0 Å². The molecular formula is C23H21ClN4O4. The van der Waals surface area contributed by atoms with Gasteiger partial charge in [-0.1, -0.05) is 29.8 Å². The summed E-state index contributed by atoms with van der Waals surface area (Å²) in [5.41, 5.74) is 1.59. The smallest absolute Gasteiger partial charge is 0.230 e. The molecule has 1 atom stereocenters. The van der Waals surface area contributed by atoms with E-state index in [1.165, 1.54) is 0 Å². The second-order valence-electron chi connectivity index (χ2n) is 7.69. The van der Waals surface area contributed by atoms with Gasteiger partial charge in [0.15, 0.2) is 11.5 Å². The number of fused-ring (bicyclic) bond motifs is 1. The highest BCUT2D eigenvalue weighted by Crippen LogP contribution is 2.36. The van der Waals surface area contributed by atoms with E-state index in [1.54, 1.807) is 34.0 Å². The first-order chi connectivity index (χ1) is 15.6. The van der Waals surface area contributed by atoms with Crippen LogP contribution in [0.4, 0.5) is 11.5 Å². The first-order valence-corrected chi connectivity index (χ1v) is 10.7. The minimum atomic E-state index is -0.473. The van der Waals surface area contributed by atoms with Crippen LogP contribution in [-0.2, 0) is 16.1 Å². The molecule has 0 saturated carbocycles. The Bertz CT molecular complexity index is 1180. The monoisotopic (exact) mass is 452 g/mol. The van der Waals surface area contributed by atoms with Gasteiger partial charge in [0.05, 0.1) is 18.7 Å². The van der Waals surface area contributed by atoms with E-state index in [1.807, 2.05) is 30.3 Å². The standard InChI is InChI=1S/C23H21ClN4O4/c24-18-4-2-1-3-15(18)14-28-21(7-8-25-28)26-23(30)16-11-22(29)27(13-16)17-5-6-19-20(12-17)32-10-9-31-19/h1-8,12,16H,9-11,13-14H2,(H,26,30). The molecule has 2 aliphatic heterocycles. The topological polar surface area (TPSA) is 85.7 Å². The van der Waals surface area contributed by atoms with Crippen molar-refractivity contribution >= 4 is 34.9 Å². The lowest BCUT2D eigenvalue weighted by molar-refractivity contribution is -0.122. The number of anilines is 2. The molecule has 2 aromatic carbocycles. The van der Waals surface area contributed by atoms with Gasteiger partial charge in [-0.2, -0.15) is 5.10 Å². The van der Waals surface area contributed by atoms with E-state index in [4.69, 9.17) is 21.1 Å². The lowest BCUT2D eigenvalue weighted by atomic mass is 10.1. The number of carbonyl (C=O) groups excluding carboxylic acids is 2. The van der Waals surface area contributed by atoms with Gasteiger partial charge >= 0.3 is 0 Å². The lowest BCUT2D eigenvalue weighted by Crippen LogP contribution is -2.29. The maximum atomic E-state index is 12.9. The van der Waals surface area contributed by atoms with E-state index in [9.17, 15) is 9.59 Å². The van der Waals surface area contributed by atoms with Crippen LogP contribution >= 0.6 is 11.6 Å². The van der Waals surface area contributed by atoms with E-state index in [0.29, 0.717) is 54.3 Å². The maximum Gasteiger partial charge on any atom is 0.230 e. The first-order valence-electron chi connectivity index (χ1n) is 10.3. The largest absolute Gasteiger partial charge is 0.486 e. The Morgan fingerprint density at radius 1 is 1.12 bits per heavy atom. The summed E-state index contributed by atoms with van der Waals surface area (Å²) in [5, 5.41) is 7.84. The number of ether oxygens (including phenoxy) is 2. The highest BCUT2D eigenvalue weighted by atomic mass is 35.5. The third-order valence-corrected chi connectivity index (χ3v) is 5.95. The van der Waals surface area contributed by atoms with Crippen molar-refractivity contribution in [3.05, 3.63) is 65.3 Å². The Hall–Kier alpha value is -3.52. The molecule has 164 valence electrons. The molecular weight excluding hydrogens is 432 g/mol. The zero-order chi connectivity index (χ0) is 22.1. The summed E-state index contributed by atoms with van der Waals surface area (Å²) in [6, 6.07) is 14.6. The van der Waals surface area contributed by atoms with E-state index in [0.717, 1.165) is 5.56 Å². The van der Waals surface area contributed by atoms with Gasteiger partial charge < -0.3 is 19.7 Å². The van der Waals surface area contributed by atoms with Crippen LogP contribution in [-0.4, -0.2) is 41.4 Å². The molecule has 1 N–H and O–H groups in total. The van der Waals surface area contributed by atoms with Gasteiger partial charge in [0.25, 0.3) is 0 Å². The Morgan fingerprint density at radius 2 is 1.94 bits per heavy atom. The van der Waals surface area contributed by atoms with Crippen LogP contribution in [0.25, 0.3) is 0 Å². The van der Waals surface area contributed by atoms with Crippen LogP contribution in [0.15, 0.2) is 54.7 Å². The van der Waals surface area contributed by atoms with Gasteiger partial charge in [-0.15, -0.1) is 0 Å². The number of amides is 2. The van der Waals surface area contributed by atoms with Crippen LogP contribution in [0.5, 0.6) is 11.5 Å². The molecule has 1 saturated heterocycles. The molecule has 8 nitrogen and oxygen atoms in total. The summed E-state index contributed by atoms with van der Waals surface area (Å²) < 4.78 is 12.8. The van der Waals surface area contributed by atoms with Crippen LogP contribution < -0.4 is 19.7 Å². The molecule has 1 fully saturated rings. The van der Waals surface area contributed by atoms with Gasteiger partial charge in [-0.05, 0) is 23.8 Å². The van der Waals surface area contributed by atoms with Gasteiger partial charge in [0, 0.05) is 35.8 Å². The number of rotatable bonds is 5. The Labute approximate surface area is 189 Å². The number of nitrogens with zero attached hydrogens (tertiary/aromatic N) is 3. The van der Waals surface area contributed by atoms with Gasteiger partial charge in [-0.25, -0.2) is 4.68 Å². The minimum absolute atomic E-state index is 0.105. The molecule has 5 rings (SSSR count). The Balaban J connectivity index is 1.27. The SMILES string of the molecule is O=C(Nc1ccnn1Cc1ccccc1Cl)C1CC(=O)N(c2ccc3c(c2)OCCO3)C1. The number of nitrogens with one attached hydrogen (secondary N) is 1. The number of hydrogen-bond donors (Lipinski definition) is 1. The molecule has 1 unspecified atom stereocenters. The van der Waals surface area contributed by atoms with E-state index in [-0.39, 0.29) is 18.2 Å². The summed E-state index contributed by atoms with van der Waals surface area (Å²) in [4.78, 5) is 27.2. The van der Waals surface area contributed by atoms with Gasteiger partial charge in [-0.3, -0.25) is 9.59 Å². The molecule has 2 amide bonds. The molecule has 3 heterocycles. The zero-order valence-electron chi connectivity index (χ0n) is 17.2. The second kappa shape index (κ2) is 8.55. The summed E-state index contributed by atoms with van der Waals surface area (Å²) in [6.45, 7) is 1.69. The Kier molecular flexibility index (Phi) is 5.45. The predicted octanol–water partition coefficient (Wildman–Crippen LogP) is 3.35. The van der Waals surface area contributed by atoms with Crippen molar-refractivity contribution in [3.8, 4) is 11.5 Å². The molecule has 0 radical (unpaired) electrons. The lowest BCUT2D eigenvalue weighted by Gasteiger charge is -2.22. The fourth-order valence-corrected chi connectivity index (χ4v) is 4.11. The average Bonchev–Trinajstić information content (AvgIpc) is 3.41. The number of carbonyl (C=O) groups is 2. The van der Waals surface area contributed by atoms with Crippen LogP contribution in [0.3, 0.4) is 0 Å². The molecule has 0 bridgehead atoms. The van der Waals surface area contributed by atoms with Crippen molar-refractivity contribution in [2.45, 2.75) is 13.0 Å². The Morgan fingerprint density at radius 3 is 2.78 bits per heavy atom. The maximum absolute atomic E-state index is 12.9. The summed E-state index contributed by atoms with van der Waals surface area (Å²) in [6.07, 6.45) is 1.76. The molecule has 2 aliphatic rings. The molecule has 9 heteroatoms. The predicted molar refractivity (Wildman–Crippen MR) is 119 cm³/mol. The highest BCUT2D eigenvalue weighted by molar-refractivity contribution is 6.31. The van der Waals surface area contributed by atoms with Crippen LogP contribution in [0.1, 0.15) is 12.0 Å². The quantitative estimate of drug-likeness (QED) is 0.641. The van der Waals surface area contributed by atoms with Crippen molar-refractivity contribution < 1.29 is 19.1 Å². The van der Waals surface area contributed by atoms with Crippen molar-refractivity contribution in [1.29, 1.82) is 0 Å². The van der Waals surface area contributed by atoms with Crippen molar-refractivity contribution in [1.82, 2.24) is 9.78 Å². The van der Waals surface area contributed by atoms with Crippen molar-refractivity contribution in [2.24, 2.45) is 5.92 Å². The zero-order valence-corrected chi connectivity index (χ0v) is 17.9. The summed E-state index contributed by atoms with van der Waals surface area (Å²) in [7, 11) is 0.